The van der Waals surface area contributed by atoms with Crippen LogP contribution in [0.25, 0.3) is 16.9 Å². The number of anilines is 1. The molecule has 0 aromatic carbocycles. The number of hydrogen-bond donors (Lipinski definition) is 3. The summed E-state index contributed by atoms with van der Waals surface area (Å²) in [5, 5.41) is 14.0. The van der Waals surface area contributed by atoms with Gasteiger partial charge in [-0.2, -0.15) is 27.8 Å². The molecule has 3 aromatic rings. The van der Waals surface area contributed by atoms with E-state index < -0.39 is 30.3 Å². The molecule has 174 valence electrons. The van der Waals surface area contributed by atoms with E-state index in [0.29, 0.717) is 30.3 Å². The molecule has 11 nitrogen and oxygen atoms in total. The monoisotopic (exact) mass is 474 g/mol. The maximum Gasteiger partial charge on any atom is 0.392 e. The number of aromatic amines is 1. The number of nitrogens with one attached hydrogen (secondary N) is 2. The van der Waals surface area contributed by atoms with Crippen molar-refractivity contribution in [2.24, 2.45) is 0 Å². The second-order valence-corrected chi connectivity index (χ2v) is 8.21. The molecular formula is C17H21F3N8O3S. The Morgan fingerprint density at radius 2 is 2.12 bits per heavy atom. The number of aromatic nitrogens is 6. The van der Waals surface area contributed by atoms with Crippen LogP contribution in [-0.4, -0.2) is 81.2 Å². The number of H-pyrrole nitrogens is 1. The summed E-state index contributed by atoms with van der Waals surface area (Å²) in [4.78, 5) is 10.6. The fourth-order valence-corrected chi connectivity index (χ4v) is 4.00. The summed E-state index contributed by atoms with van der Waals surface area (Å²) in [6.45, 7) is 0.709. The Labute approximate surface area is 182 Å². The molecule has 1 aliphatic heterocycles. The van der Waals surface area contributed by atoms with Crippen LogP contribution in [0.3, 0.4) is 0 Å². The number of nitrogens with zero attached hydrogens (tertiary/aromatic N) is 6. The molecule has 15 heteroatoms. The normalized spacial score (nSPS) is 17.0. The second kappa shape index (κ2) is 9.38. The highest BCUT2D eigenvalue weighted by Crippen LogP contribution is 2.32. The molecular weight excluding hydrogens is 453 g/mol. The molecule has 3 aromatic heterocycles. The van der Waals surface area contributed by atoms with Gasteiger partial charge in [0.25, 0.3) is 0 Å². The van der Waals surface area contributed by atoms with Crippen molar-refractivity contribution < 1.29 is 26.7 Å². The summed E-state index contributed by atoms with van der Waals surface area (Å²) < 4.78 is 64.7. The summed E-state index contributed by atoms with van der Waals surface area (Å²) in [7, 11) is 0. The predicted octanol–water partition coefficient (Wildman–Crippen LogP) is 1.90. The first-order chi connectivity index (χ1) is 15.3. The Morgan fingerprint density at radius 1 is 1.34 bits per heavy atom. The maximum atomic E-state index is 12.6. The minimum Gasteiger partial charge on any atom is -0.487 e. The van der Waals surface area contributed by atoms with Crippen molar-refractivity contribution in [1.29, 1.82) is 0 Å². The standard InChI is InChI=1S/C17H21F3N8O3S/c18-17(19,20)3-6-31-14-13(11-7-22-23-8-11)21-9-28-15(14)25-16(26-28)24-12-1-4-27(5-2-12)10-32(29)30/h7-9,12H,1-6,10H2,(H,22,23)(H,24,26)(H,29,30). The van der Waals surface area contributed by atoms with Gasteiger partial charge in [0.05, 0.1) is 19.2 Å². The Kier molecular flexibility index (Phi) is 6.57. The van der Waals surface area contributed by atoms with Crippen molar-refractivity contribution in [2.45, 2.75) is 31.5 Å². The smallest absolute Gasteiger partial charge is 0.392 e. The van der Waals surface area contributed by atoms with E-state index in [2.05, 4.69) is 30.6 Å². The van der Waals surface area contributed by atoms with Crippen LogP contribution in [0.2, 0.25) is 0 Å². The highest BCUT2D eigenvalue weighted by atomic mass is 32.2. The first-order valence-corrected chi connectivity index (χ1v) is 11.1. The lowest BCUT2D eigenvalue weighted by atomic mass is 10.1. The Bertz CT molecular complexity index is 1070. The third-order valence-electron chi connectivity index (χ3n) is 4.96. The Balaban J connectivity index is 1.53. The molecule has 0 saturated carbocycles. The average molecular weight is 474 g/mol. The largest absolute Gasteiger partial charge is 0.487 e. The lowest BCUT2D eigenvalue weighted by Gasteiger charge is -2.30. The number of likely N-dealkylation sites (tertiary alicyclic amines) is 1. The third-order valence-corrected chi connectivity index (χ3v) is 5.55. The first-order valence-electron chi connectivity index (χ1n) is 9.79. The SMILES string of the molecule is O=S(O)CN1CCC(Nc2nc3c(OCCC(F)(F)F)c(-c4cn[nH]c4)ncn3n2)CC1. The van der Waals surface area contributed by atoms with Gasteiger partial charge in [-0.05, 0) is 12.8 Å². The van der Waals surface area contributed by atoms with E-state index in [1.54, 1.807) is 6.20 Å². The molecule has 0 spiro atoms. The molecule has 4 heterocycles. The van der Waals surface area contributed by atoms with Crippen LogP contribution < -0.4 is 10.1 Å². The van der Waals surface area contributed by atoms with E-state index in [0.717, 1.165) is 12.8 Å². The van der Waals surface area contributed by atoms with Crippen LogP contribution >= 0.6 is 0 Å². The van der Waals surface area contributed by atoms with E-state index in [9.17, 15) is 17.4 Å². The first kappa shape index (κ1) is 22.4. The van der Waals surface area contributed by atoms with Crippen molar-refractivity contribution in [1.82, 2.24) is 34.7 Å². The van der Waals surface area contributed by atoms with E-state index in [1.165, 1.54) is 17.0 Å². The van der Waals surface area contributed by atoms with Gasteiger partial charge in [0.15, 0.2) is 16.8 Å². The van der Waals surface area contributed by atoms with Gasteiger partial charge in [-0.25, -0.2) is 9.19 Å². The lowest BCUT2D eigenvalue weighted by molar-refractivity contribution is -0.139. The average Bonchev–Trinajstić information content (AvgIpc) is 3.38. The summed E-state index contributed by atoms with van der Waals surface area (Å²) >= 11 is -1.87. The molecule has 1 atom stereocenters. The molecule has 0 amide bonds. The zero-order valence-electron chi connectivity index (χ0n) is 16.7. The van der Waals surface area contributed by atoms with E-state index in [1.807, 2.05) is 4.90 Å². The zero-order chi connectivity index (χ0) is 22.7. The Morgan fingerprint density at radius 3 is 2.78 bits per heavy atom. The van der Waals surface area contributed by atoms with E-state index >= 15 is 0 Å². The van der Waals surface area contributed by atoms with Gasteiger partial charge >= 0.3 is 6.18 Å². The minimum atomic E-state index is -4.35. The molecule has 0 bridgehead atoms. The summed E-state index contributed by atoms with van der Waals surface area (Å²) in [6, 6.07) is 0.0479. The molecule has 1 saturated heterocycles. The number of halogens is 3. The zero-order valence-corrected chi connectivity index (χ0v) is 17.6. The number of ether oxygens (including phenoxy) is 1. The van der Waals surface area contributed by atoms with Crippen molar-refractivity contribution in [3.05, 3.63) is 18.7 Å². The number of fused-ring (bicyclic) bond motifs is 1. The third kappa shape index (κ3) is 5.52. The van der Waals surface area contributed by atoms with Gasteiger partial charge < -0.3 is 14.6 Å². The molecule has 0 radical (unpaired) electrons. The quantitative estimate of drug-likeness (QED) is 0.419. The highest BCUT2D eigenvalue weighted by Gasteiger charge is 2.28. The molecule has 1 unspecified atom stereocenters. The fraction of sp³-hybridized carbons (Fsp3) is 0.529. The molecule has 4 rings (SSSR count). The molecule has 0 aliphatic carbocycles. The minimum absolute atomic E-state index is 0.0479. The molecule has 3 N–H and O–H groups in total. The fourth-order valence-electron chi connectivity index (χ4n) is 3.43. The second-order valence-electron chi connectivity index (χ2n) is 7.31. The van der Waals surface area contributed by atoms with Crippen molar-refractivity contribution >= 4 is 22.7 Å². The summed E-state index contributed by atoms with van der Waals surface area (Å²) in [5.74, 6) is 0.486. The van der Waals surface area contributed by atoms with Crippen molar-refractivity contribution in [3.8, 4) is 17.0 Å². The van der Waals surface area contributed by atoms with Gasteiger partial charge in [-0.1, -0.05) is 0 Å². The summed E-state index contributed by atoms with van der Waals surface area (Å²) in [6.07, 6.45) is 0.421. The van der Waals surface area contributed by atoms with E-state index in [-0.39, 0.29) is 23.3 Å². The van der Waals surface area contributed by atoms with Crippen LogP contribution in [-0.2, 0) is 11.1 Å². The van der Waals surface area contributed by atoms with Crippen molar-refractivity contribution in [3.63, 3.8) is 0 Å². The molecule has 1 fully saturated rings. The van der Waals surface area contributed by atoms with Gasteiger partial charge in [-0.3, -0.25) is 10.00 Å². The number of piperidine rings is 1. The van der Waals surface area contributed by atoms with Crippen molar-refractivity contribution in [2.75, 3.05) is 30.9 Å². The van der Waals surface area contributed by atoms with Gasteiger partial charge in [0, 0.05) is 30.9 Å². The number of alkyl halides is 3. The van der Waals surface area contributed by atoms with Crippen LogP contribution in [0.15, 0.2) is 18.7 Å². The van der Waals surface area contributed by atoms with E-state index in [4.69, 9.17) is 9.29 Å². The maximum absolute atomic E-state index is 12.6. The lowest BCUT2D eigenvalue weighted by Crippen LogP contribution is -2.40. The molecule has 1 aliphatic rings. The number of rotatable bonds is 8. The van der Waals surface area contributed by atoms with Crippen LogP contribution in [0.5, 0.6) is 5.75 Å². The topological polar surface area (TPSA) is 134 Å². The Hall–Kier alpha value is -2.78. The van der Waals surface area contributed by atoms with Crippen LogP contribution in [0, 0.1) is 0 Å². The van der Waals surface area contributed by atoms with Gasteiger partial charge in [0.2, 0.25) is 11.6 Å². The summed E-state index contributed by atoms with van der Waals surface area (Å²) in [5.41, 5.74) is 1.08. The van der Waals surface area contributed by atoms with Crippen LogP contribution in [0.1, 0.15) is 19.3 Å². The number of hydrogen-bond acceptors (Lipinski definition) is 8. The highest BCUT2D eigenvalue weighted by molar-refractivity contribution is 7.79. The van der Waals surface area contributed by atoms with Gasteiger partial charge in [0.1, 0.15) is 17.9 Å². The molecule has 32 heavy (non-hydrogen) atoms. The predicted molar refractivity (Wildman–Crippen MR) is 108 cm³/mol. The van der Waals surface area contributed by atoms with Gasteiger partial charge in [-0.15, -0.1) is 5.10 Å². The van der Waals surface area contributed by atoms with Crippen LogP contribution in [0.4, 0.5) is 19.1 Å².